The quantitative estimate of drug-likeness (QED) is 0.0228. The SMILES string of the molecule is CC/C=C\C/C=C\C/C=C\C/C=C\CCCCCCCCC(=O)OCC(COC1OC(C(=O)O)C(O)C(O)C1OC(=O)CCCCCCCCCCC/C=C\CCCCCCCC)OC(=O)CCCCCCCCC/C=C\CCCCCCCC. The van der Waals surface area contributed by atoms with E-state index in [1.807, 2.05) is 0 Å². The second-order valence-corrected chi connectivity index (χ2v) is 23.8. The summed E-state index contributed by atoms with van der Waals surface area (Å²) >= 11 is 0. The number of hydrogen-bond acceptors (Lipinski definition) is 11. The Morgan fingerprint density at radius 1 is 0.400 bits per heavy atom. The highest BCUT2D eigenvalue weighted by Crippen LogP contribution is 2.27. The van der Waals surface area contributed by atoms with Gasteiger partial charge in [0.05, 0.1) is 6.61 Å². The molecule has 490 valence electrons. The third-order valence-corrected chi connectivity index (χ3v) is 15.7. The number of carboxylic acid groups (broad SMARTS) is 1. The number of carboxylic acids is 1. The van der Waals surface area contributed by atoms with Crippen molar-refractivity contribution in [3.05, 3.63) is 72.9 Å². The van der Waals surface area contributed by atoms with Crippen molar-refractivity contribution in [1.82, 2.24) is 0 Å². The van der Waals surface area contributed by atoms with Crippen LogP contribution in [0.2, 0.25) is 0 Å². The van der Waals surface area contributed by atoms with Gasteiger partial charge in [0, 0.05) is 19.3 Å². The summed E-state index contributed by atoms with van der Waals surface area (Å²) in [5.41, 5.74) is 0. The Bertz CT molecular complexity index is 1750. The van der Waals surface area contributed by atoms with E-state index in [0.717, 1.165) is 128 Å². The number of esters is 3. The number of aliphatic hydroxyl groups is 2. The lowest BCUT2D eigenvalue weighted by molar-refractivity contribution is -0.301. The fraction of sp³-hybridized carbons (Fsp3) is 0.781. The number of allylic oxidation sites excluding steroid dienone is 12. The van der Waals surface area contributed by atoms with E-state index < -0.39 is 67.3 Å². The van der Waals surface area contributed by atoms with Crippen molar-refractivity contribution < 1.29 is 58.2 Å². The molecule has 85 heavy (non-hydrogen) atoms. The highest BCUT2D eigenvalue weighted by molar-refractivity contribution is 5.74. The van der Waals surface area contributed by atoms with Crippen LogP contribution in [0, 0.1) is 0 Å². The van der Waals surface area contributed by atoms with Crippen LogP contribution in [0.5, 0.6) is 0 Å². The standard InChI is InChI=1S/C73H126O12/c1-4-7-10-13-16-19-22-25-28-31-33-36-38-41-44-47-50-53-56-59-65(74)81-62-64(83-66(75)60-57-54-51-48-45-42-39-35-30-27-24-21-18-15-12-9-6-3)63-82-73-71(69(78)68(77)70(85-73)72(79)80)84-67(76)61-58-55-52-49-46-43-40-37-34-32-29-26-23-20-17-14-11-8-5-2/h7,10,16,19,25-30,33,36,64,68-71,73,77-78H,4-6,8-9,11-15,17-18,20-24,31-32,34-35,37-63H2,1-3H3,(H,79,80)/b10-7-,19-16-,28-25-,29-26-,30-27-,36-33-. The topological polar surface area (TPSA) is 175 Å². The van der Waals surface area contributed by atoms with E-state index in [9.17, 15) is 34.5 Å². The third-order valence-electron chi connectivity index (χ3n) is 15.7. The maximum Gasteiger partial charge on any atom is 0.335 e. The van der Waals surface area contributed by atoms with Crippen molar-refractivity contribution in [2.45, 2.75) is 353 Å². The summed E-state index contributed by atoms with van der Waals surface area (Å²) in [4.78, 5) is 51.5. The van der Waals surface area contributed by atoms with E-state index in [-0.39, 0.29) is 25.9 Å². The predicted octanol–water partition coefficient (Wildman–Crippen LogP) is 19.2. The van der Waals surface area contributed by atoms with Crippen LogP contribution in [0.4, 0.5) is 0 Å². The molecule has 1 rings (SSSR count). The van der Waals surface area contributed by atoms with E-state index in [1.165, 1.54) is 128 Å². The monoisotopic (exact) mass is 1190 g/mol. The van der Waals surface area contributed by atoms with Gasteiger partial charge in [-0.05, 0) is 109 Å². The van der Waals surface area contributed by atoms with Gasteiger partial charge in [0.15, 0.2) is 24.6 Å². The first kappa shape index (κ1) is 79.2. The van der Waals surface area contributed by atoms with Crippen LogP contribution in [0.25, 0.3) is 0 Å². The minimum Gasteiger partial charge on any atom is -0.479 e. The molecule has 3 N–H and O–H groups in total. The third kappa shape index (κ3) is 49.8. The normalized spacial score (nSPS) is 17.9. The molecule has 0 bridgehead atoms. The van der Waals surface area contributed by atoms with Crippen molar-refractivity contribution >= 4 is 23.9 Å². The number of carbonyl (C=O) groups excluding carboxylic acids is 3. The zero-order valence-electron chi connectivity index (χ0n) is 54.3. The van der Waals surface area contributed by atoms with Gasteiger partial charge >= 0.3 is 23.9 Å². The first-order valence-electron chi connectivity index (χ1n) is 34.9. The summed E-state index contributed by atoms with van der Waals surface area (Å²) in [6.45, 7) is 5.91. The van der Waals surface area contributed by atoms with E-state index in [4.69, 9.17) is 23.7 Å². The lowest BCUT2D eigenvalue weighted by Crippen LogP contribution is -2.61. The number of carbonyl (C=O) groups is 4. The van der Waals surface area contributed by atoms with Crippen LogP contribution >= 0.6 is 0 Å². The van der Waals surface area contributed by atoms with Crippen molar-refractivity contribution in [2.24, 2.45) is 0 Å². The van der Waals surface area contributed by atoms with Gasteiger partial charge in [-0.3, -0.25) is 14.4 Å². The Morgan fingerprint density at radius 2 is 0.741 bits per heavy atom. The molecule has 1 heterocycles. The molecule has 1 aliphatic rings. The van der Waals surface area contributed by atoms with Crippen molar-refractivity contribution in [3.8, 4) is 0 Å². The van der Waals surface area contributed by atoms with Gasteiger partial charge in [-0.25, -0.2) is 4.79 Å². The molecule has 0 aliphatic carbocycles. The minimum atomic E-state index is -1.91. The number of ether oxygens (including phenoxy) is 5. The second-order valence-electron chi connectivity index (χ2n) is 23.8. The fourth-order valence-electron chi connectivity index (χ4n) is 10.4. The molecular weight excluding hydrogens is 1070 g/mol. The Balaban J connectivity index is 2.64. The van der Waals surface area contributed by atoms with E-state index >= 15 is 0 Å². The van der Waals surface area contributed by atoms with Gasteiger partial charge < -0.3 is 39.0 Å². The first-order valence-corrected chi connectivity index (χ1v) is 34.9. The summed E-state index contributed by atoms with van der Waals surface area (Å²) in [6, 6.07) is 0. The second kappa shape index (κ2) is 60.4. The van der Waals surface area contributed by atoms with Crippen LogP contribution in [-0.2, 0) is 42.9 Å². The van der Waals surface area contributed by atoms with Gasteiger partial charge in [-0.2, -0.15) is 0 Å². The maximum atomic E-state index is 13.2. The Labute approximate surface area is 518 Å². The van der Waals surface area contributed by atoms with Gasteiger partial charge in [0.2, 0.25) is 0 Å². The number of rotatable bonds is 60. The van der Waals surface area contributed by atoms with E-state index in [0.29, 0.717) is 19.3 Å². The van der Waals surface area contributed by atoms with Crippen molar-refractivity contribution in [2.75, 3.05) is 13.2 Å². The average molecular weight is 1200 g/mol. The summed E-state index contributed by atoms with van der Waals surface area (Å²) in [6.07, 6.45) is 65.6. The highest BCUT2D eigenvalue weighted by atomic mass is 16.7. The largest absolute Gasteiger partial charge is 0.479 e. The van der Waals surface area contributed by atoms with Crippen molar-refractivity contribution in [3.63, 3.8) is 0 Å². The molecule has 0 saturated carbocycles. The molecule has 0 amide bonds. The molecule has 1 aliphatic heterocycles. The number of aliphatic carboxylic acids is 1. The summed E-state index contributed by atoms with van der Waals surface area (Å²) in [5.74, 6) is -3.13. The molecule has 6 atom stereocenters. The zero-order chi connectivity index (χ0) is 61.7. The van der Waals surface area contributed by atoms with Gasteiger partial charge in [-0.15, -0.1) is 0 Å². The molecule has 12 heteroatoms. The Kier molecular flexibility index (Phi) is 56.3. The Morgan fingerprint density at radius 3 is 1.14 bits per heavy atom. The van der Waals surface area contributed by atoms with Crippen LogP contribution in [0.1, 0.15) is 316 Å². The lowest BCUT2D eigenvalue weighted by atomic mass is 9.98. The molecule has 12 nitrogen and oxygen atoms in total. The highest BCUT2D eigenvalue weighted by Gasteiger charge is 2.50. The average Bonchev–Trinajstić information content (AvgIpc) is 3.51. The van der Waals surface area contributed by atoms with E-state index in [1.54, 1.807) is 0 Å². The van der Waals surface area contributed by atoms with Crippen LogP contribution in [0.15, 0.2) is 72.9 Å². The summed E-state index contributed by atoms with van der Waals surface area (Å²) in [5, 5.41) is 31.7. The summed E-state index contributed by atoms with van der Waals surface area (Å²) < 4.78 is 28.6. The maximum absolute atomic E-state index is 13.2. The van der Waals surface area contributed by atoms with Crippen LogP contribution in [-0.4, -0.2) is 89.2 Å². The molecule has 0 aromatic rings. The Hall–Kier alpha value is -3.84. The van der Waals surface area contributed by atoms with E-state index in [2.05, 4.69) is 93.7 Å². The zero-order valence-corrected chi connectivity index (χ0v) is 54.3. The molecule has 6 unspecified atom stereocenters. The fourth-order valence-corrected chi connectivity index (χ4v) is 10.4. The van der Waals surface area contributed by atoms with Gasteiger partial charge in [0.25, 0.3) is 0 Å². The molecular formula is C73H126O12. The number of unbranched alkanes of at least 4 members (excludes halogenated alkanes) is 34. The minimum absolute atomic E-state index is 0.0562. The molecule has 0 radical (unpaired) electrons. The van der Waals surface area contributed by atoms with Gasteiger partial charge in [-0.1, -0.05) is 261 Å². The van der Waals surface area contributed by atoms with Crippen LogP contribution < -0.4 is 0 Å². The number of hydrogen-bond donors (Lipinski definition) is 3. The smallest absolute Gasteiger partial charge is 0.335 e. The molecule has 1 fully saturated rings. The number of aliphatic hydroxyl groups excluding tert-OH is 2. The molecule has 0 spiro atoms. The van der Waals surface area contributed by atoms with Crippen molar-refractivity contribution in [1.29, 1.82) is 0 Å². The molecule has 0 aromatic carbocycles. The van der Waals surface area contributed by atoms with Gasteiger partial charge in [0.1, 0.15) is 18.8 Å². The molecule has 1 saturated heterocycles. The molecule has 0 aromatic heterocycles. The summed E-state index contributed by atoms with van der Waals surface area (Å²) in [7, 11) is 0. The predicted molar refractivity (Wildman–Crippen MR) is 349 cm³/mol. The lowest BCUT2D eigenvalue weighted by Gasteiger charge is -2.40. The first-order chi connectivity index (χ1) is 41.6. The van der Waals surface area contributed by atoms with Crippen LogP contribution in [0.3, 0.4) is 0 Å².